The molecular formula is C23H29N3O3. The number of ether oxygens (including phenoxy) is 1. The van der Waals surface area contributed by atoms with Gasteiger partial charge >= 0.3 is 0 Å². The molecule has 1 saturated carbocycles. The Kier molecular flexibility index (Phi) is 6.88. The lowest BCUT2D eigenvalue weighted by atomic mass is 10.1. The van der Waals surface area contributed by atoms with Gasteiger partial charge in [0.2, 0.25) is 11.8 Å². The number of anilines is 1. The normalized spacial score (nSPS) is 13.2. The molecule has 6 heteroatoms. The van der Waals surface area contributed by atoms with E-state index in [0.29, 0.717) is 12.6 Å². The predicted molar refractivity (Wildman–Crippen MR) is 114 cm³/mol. The molecule has 0 bridgehead atoms. The van der Waals surface area contributed by atoms with Crippen LogP contribution in [0.3, 0.4) is 0 Å². The largest absolute Gasteiger partial charge is 0.497 e. The Morgan fingerprint density at radius 1 is 1.03 bits per heavy atom. The molecule has 154 valence electrons. The number of benzene rings is 2. The van der Waals surface area contributed by atoms with Crippen molar-refractivity contribution in [3.8, 4) is 5.75 Å². The van der Waals surface area contributed by atoms with Gasteiger partial charge in [-0.2, -0.15) is 0 Å². The second-order valence-electron chi connectivity index (χ2n) is 7.58. The van der Waals surface area contributed by atoms with Gasteiger partial charge in [0.25, 0.3) is 0 Å². The third kappa shape index (κ3) is 6.06. The number of carbonyl (C=O) groups excluding carboxylic acids is 2. The summed E-state index contributed by atoms with van der Waals surface area (Å²) in [6.45, 7) is 4.86. The number of carbonyl (C=O) groups is 2. The van der Waals surface area contributed by atoms with E-state index >= 15 is 0 Å². The van der Waals surface area contributed by atoms with Crippen molar-refractivity contribution in [3.63, 3.8) is 0 Å². The van der Waals surface area contributed by atoms with Gasteiger partial charge in [0.1, 0.15) is 5.75 Å². The maximum atomic E-state index is 12.4. The lowest BCUT2D eigenvalue weighted by molar-refractivity contribution is -0.125. The van der Waals surface area contributed by atoms with Crippen LogP contribution < -0.4 is 15.4 Å². The number of hydrogen-bond acceptors (Lipinski definition) is 4. The van der Waals surface area contributed by atoms with Crippen molar-refractivity contribution in [1.29, 1.82) is 0 Å². The van der Waals surface area contributed by atoms with Crippen LogP contribution in [0.15, 0.2) is 42.5 Å². The minimum absolute atomic E-state index is 0.0341. The van der Waals surface area contributed by atoms with Gasteiger partial charge in [-0.05, 0) is 55.5 Å². The predicted octanol–water partition coefficient (Wildman–Crippen LogP) is 3.03. The van der Waals surface area contributed by atoms with E-state index in [-0.39, 0.29) is 24.9 Å². The number of nitrogens with zero attached hydrogens (tertiary/aromatic N) is 1. The van der Waals surface area contributed by atoms with Crippen LogP contribution in [0.4, 0.5) is 5.69 Å². The molecular weight excluding hydrogens is 366 g/mol. The number of methoxy groups -OCH3 is 1. The molecule has 0 radical (unpaired) electrons. The standard InChI is InChI=1S/C23H29N3O3/c1-16-5-4-6-17(2)23(16)25-21(27)13-24-22(28)15-26(19-9-10-19)14-18-7-11-20(29-3)12-8-18/h4-8,11-12,19H,9-10,13-15H2,1-3H3,(H,24,28)(H,25,27). The molecule has 0 heterocycles. The summed E-state index contributed by atoms with van der Waals surface area (Å²) in [4.78, 5) is 26.8. The van der Waals surface area contributed by atoms with Crippen molar-refractivity contribution in [2.75, 3.05) is 25.5 Å². The summed E-state index contributed by atoms with van der Waals surface area (Å²) < 4.78 is 5.19. The van der Waals surface area contributed by atoms with Gasteiger partial charge in [0, 0.05) is 18.3 Å². The van der Waals surface area contributed by atoms with Crippen molar-refractivity contribution < 1.29 is 14.3 Å². The van der Waals surface area contributed by atoms with Crippen molar-refractivity contribution in [2.24, 2.45) is 0 Å². The Morgan fingerprint density at radius 3 is 2.28 bits per heavy atom. The van der Waals surface area contributed by atoms with Crippen LogP contribution in [0.1, 0.15) is 29.5 Å². The number of rotatable bonds is 9. The molecule has 0 aromatic heterocycles. The molecule has 2 aromatic carbocycles. The highest BCUT2D eigenvalue weighted by molar-refractivity contribution is 5.95. The number of amides is 2. The third-order valence-electron chi connectivity index (χ3n) is 5.15. The molecule has 3 rings (SSSR count). The molecule has 0 saturated heterocycles. The third-order valence-corrected chi connectivity index (χ3v) is 5.15. The molecule has 2 aromatic rings. The SMILES string of the molecule is COc1ccc(CN(CC(=O)NCC(=O)Nc2c(C)cccc2C)C2CC2)cc1. The zero-order chi connectivity index (χ0) is 20.8. The molecule has 0 unspecified atom stereocenters. The highest BCUT2D eigenvalue weighted by atomic mass is 16.5. The Labute approximate surface area is 172 Å². The van der Waals surface area contributed by atoms with Crippen LogP contribution >= 0.6 is 0 Å². The molecule has 2 N–H and O–H groups in total. The van der Waals surface area contributed by atoms with Crippen LogP contribution in [0.5, 0.6) is 5.75 Å². The van der Waals surface area contributed by atoms with Gasteiger partial charge in [-0.3, -0.25) is 14.5 Å². The average Bonchev–Trinajstić information content (AvgIpc) is 3.55. The summed E-state index contributed by atoms with van der Waals surface area (Å²) in [5, 5.41) is 5.64. The molecule has 1 fully saturated rings. The van der Waals surface area contributed by atoms with Gasteiger partial charge in [-0.15, -0.1) is 0 Å². The molecule has 2 amide bonds. The second kappa shape index (κ2) is 9.56. The molecule has 29 heavy (non-hydrogen) atoms. The Hall–Kier alpha value is -2.86. The average molecular weight is 396 g/mol. The number of nitrogens with one attached hydrogen (secondary N) is 2. The Morgan fingerprint density at radius 2 is 1.69 bits per heavy atom. The first-order chi connectivity index (χ1) is 14.0. The van der Waals surface area contributed by atoms with E-state index in [4.69, 9.17) is 4.74 Å². The van der Waals surface area contributed by atoms with Gasteiger partial charge in [0.05, 0.1) is 20.2 Å². The first kappa shape index (κ1) is 20.9. The first-order valence-electron chi connectivity index (χ1n) is 9.96. The van der Waals surface area contributed by atoms with Gasteiger partial charge in [0.15, 0.2) is 0 Å². The van der Waals surface area contributed by atoms with E-state index in [1.165, 1.54) is 0 Å². The highest BCUT2D eigenvalue weighted by Crippen LogP contribution is 2.28. The Balaban J connectivity index is 1.49. The van der Waals surface area contributed by atoms with E-state index in [0.717, 1.165) is 41.0 Å². The number of aryl methyl sites for hydroxylation is 2. The van der Waals surface area contributed by atoms with E-state index in [9.17, 15) is 9.59 Å². The monoisotopic (exact) mass is 395 g/mol. The quantitative estimate of drug-likeness (QED) is 0.685. The maximum absolute atomic E-state index is 12.4. The van der Waals surface area contributed by atoms with Crippen LogP contribution in [0.25, 0.3) is 0 Å². The fourth-order valence-electron chi connectivity index (χ4n) is 3.33. The van der Waals surface area contributed by atoms with Crippen LogP contribution in [-0.2, 0) is 16.1 Å². The fraction of sp³-hybridized carbons (Fsp3) is 0.391. The van der Waals surface area contributed by atoms with Gasteiger partial charge in [-0.25, -0.2) is 0 Å². The molecule has 0 aliphatic heterocycles. The van der Waals surface area contributed by atoms with E-state index in [2.05, 4.69) is 15.5 Å². The second-order valence-corrected chi connectivity index (χ2v) is 7.58. The summed E-state index contributed by atoms with van der Waals surface area (Å²) >= 11 is 0. The van der Waals surface area contributed by atoms with Gasteiger partial charge in [-0.1, -0.05) is 30.3 Å². The van der Waals surface area contributed by atoms with Crippen molar-refractivity contribution in [2.45, 2.75) is 39.3 Å². The molecule has 0 atom stereocenters. The summed E-state index contributed by atoms with van der Waals surface area (Å²) in [6.07, 6.45) is 2.22. The summed E-state index contributed by atoms with van der Waals surface area (Å²) in [5.74, 6) is 0.463. The van der Waals surface area contributed by atoms with E-state index in [1.807, 2.05) is 56.3 Å². The Bertz CT molecular complexity index is 840. The molecule has 0 spiro atoms. The summed E-state index contributed by atoms with van der Waals surface area (Å²) in [6, 6.07) is 14.2. The van der Waals surface area contributed by atoms with Crippen LogP contribution in [-0.4, -0.2) is 43.0 Å². The minimum Gasteiger partial charge on any atom is -0.497 e. The lowest BCUT2D eigenvalue weighted by Gasteiger charge is -2.21. The molecule has 6 nitrogen and oxygen atoms in total. The fourth-order valence-corrected chi connectivity index (χ4v) is 3.33. The minimum atomic E-state index is -0.219. The zero-order valence-electron chi connectivity index (χ0n) is 17.3. The molecule has 1 aliphatic rings. The maximum Gasteiger partial charge on any atom is 0.243 e. The number of para-hydroxylation sites is 1. The van der Waals surface area contributed by atoms with Crippen molar-refractivity contribution in [3.05, 3.63) is 59.2 Å². The summed E-state index contributed by atoms with van der Waals surface area (Å²) in [7, 11) is 1.65. The van der Waals surface area contributed by atoms with E-state index < -0.39 is 0 Å². The zero-order valence-corrected chi connectivity index (χ0v) is 17.3. The van der Waals surface area contributed by atoms with Crippen molar-refractivity contribution >= 4 is 17.5 Å². The van der Waals surface area contributed by atoms with Crippen molar-refractivity contribution in [1.82, 2.24) is 10.2 Å². The smallest absolute Gasteiger partial charge is 0.243 e. The molecule has 1 aliphatic carbocycles. The van der Waals surface area contributed by atoms with Gasteiger partial charge < -0.3 is 15.4 Å². The van der Waals surface area contributed by atoms with Crippen LogP contribution in [0.2, 0.25) is 0 Å². The van der Waals surface area contributed by atoms with Crippen LogP contribution in [0, 0.1) is 13.8 Å². The lowest BCUT2D eigenvalue weighted by Crippen LogP contribution is -2.41. The highest BCUT2D eigenvalue weighted by Gasteiger charge is 2.30. The summed E-state index contributed by atoms with van der Waals surface area (Å²) in [5.41, 5.74) is 3.96. The van der Waals surface area contributed by atoms with E-state index in [1.54, 1.807) is 7.11 Å². The first-order valence-corrected chi connectivity index (χ1v) is 9.96. The topological polar surface area (TPSA) is 70.7 Å². The number of hydrogen-bond donors (Lipinski definition) is 2.